The van der Waals surface area contributed by atoms with Gasteiger partial charge in [0, 0.05) is 22.2 Å². The number of rotatable bonds is 6. The highest BCUT2D eigenvalue weighted by molar-refractivity contribution is 6.35. The van der Waals surface area contributed by atoms with Crippen molar-refractivity contribution in [3.05, 3.63) is 69.2 Å². The highest BCUT2D eigenvalue weighted by Gasteiger charge is 2.10. The van der Waals surface area contributed by atoms with E-state index in [1.165, 1.54) is 10.5 Å². The highest BCUT2D eigenvalue weighted by atomic mass is 35.5. The Hall–Kier alpha value is -1.55. The number of benzene rings is 2. The predicted molar refractivity (Wildman–Crippen MR) is 95.0 cm³/mol. The van der Waals surface area contributed by atoms with Gasteiger partial charge >= 0.3 is 0 Å². The molecule has 0 saturated heterocycles. The minimum absolute atomic E-state index is 0.0544. The first-order valence-electron chi connectivity index (χ1n) is 7.52. The molecule has 0 aliphatic heterocycles. The maximum absolute atomic E-state index is 12.1. The lowest BCUT2D eigenvalue weighted by Crippen LogP contribution is -3.04. The van der Waals surface area contributed by atoms with Crippen molar-refractivity contribution >= 4 is 29.1 Å². The number of halogens is 2. The summed E-state index contributed by atoms with van der Waals surface area (Å²) in [6.07, 6.45) is 0.247. The SMILES string of the molecule is C[NH+](C)Cc1ccccc1CNC(=O)Cc1ccc(Cl)cc1Cl. The molecule has 0 radical (unpaired) electrons. The van der Waals surface area contributed by atoms with Crippen LogP contribution in [0.2, 0.25) is 10.0 Å². The molecule has 0 atom stereocenters. The molecule has 5 heteroatoms. The van der Waals surface area contributed by atoms with Crippen molar-refractivity contribution in [3.8, 4) is 0 Å². The van der Waals surface area contributed by atoms with Crippen LogP contribution in [0.1, 0.15) is 16.7 Å². The van der Waals surface area contributed by atoms with Gasteiger partial charge in [0.2, 0.25) is 5.91 Å². The molecule has 0 fully saturated rings. The first-order chi connectivity index (χ1) is 11.0. The molecule has 0 unspecified atom stereocenters. The van der Waals surface area contributed by atoms with Crippen LogP contribution in [0.5, 0.6) is 0 Å². The smallest absolute Gasteiger partial charge is 0.224 e. The number of quaternary nitrogens is 1. The lowest BCUT2D eigenvalue weighted by Gasteiger charge is -2.13. The second-order valence-corrected chi connectivity index (χ2v) is 6.69. The van der Waals surface area contributed by atoms with Crippen LogP contribution in [0.4, 0.5) is 0 Å². The Morgan fingerprint density at radius 3 is 2.39 bits per heavy atom. The van der Waals surface area contributed by atoms with Gasteiger partial charge in [-0.1, -0.05) is 53.5 Å². The maximum atomic E-state index is 12.1. The lowest BCUT2D eigenvalue weighted by molar-refractivity contribution is -0.872. The van der Waals surface area contributed by atoms with Gasteiger partial charge in [0.15, 0.2) is 0 Å². The molecule has 0 aliphatic rings. The third-order valence-corrected chi connectivity index (χ3v) is 4.09. The van der Waals surface area contributed by atoms with Crippen LogP contribution >= 0.6 is 23.2 Å². The molecule has 1 amide bonds. The maximum Gasteiger partial charge on any atom is 0.224 e. The van der Waals surface area contributed by atoms with Crippen LogP contribution in [0, 0.1) is 0 Å². The minimum Gasteiger partial charge on any atom is -0.352 e. The van der Waals surface area contributed by atoms with E-state index in [9.17, 15) is 4.79 Å². The van der Waals surface area contributed by atoms with Crippen molar-refractivity contribution in [2.24, 2.45) is 0 Å². The Balaban J connectivity index is 1.97. The van der Waals surface area contributed by atoms with Crippen molar-refractivity contribution in [2.45, 2.75) is 19.5 Å². The van der Waals surface area contributed by atoms with Crippen LogP contribution < -0.4 is 10.2 Å². The summed E-state index contributed by atoms with van der Waals surface area (Å²) in [6, 6.07) is 13.3. The number of nitrogens with one attached hydrogen (secondary N) is 2. The van der Waals surface area contributed by atoms with E-state index in [1.54, 1.807) is 18.2 Å². The summed E-state index contributed by atoms with van der Waals surface area (Å²) in [6.45, 7) is 1.45. The summed E-state index contributed by atoms with van der Waals surface area (Å²) in [5, 5.41) is 4.05. The average molecular weight is 352 g/mol. The van der Waals surface area contributed by atoms with Crippen molar-refractivity contribution < 1.29 is 9.69 Å². The molecule has 2 aromatic rings. The Morgan fingerprint density at radius 2 is 1.74 bits per heavy atom. The number of carbonyl (C=O) groups is 1. The standard InChI is InChI=1S/C18H20Cl2N2O/c1-22(2)12-15-6-4-3-5-14(15)11-21-18(23)9-13-7-8-16(19)10-17(13)20/h3-8,10H,9,11-12H2,1-2H3,(H,21,23)/p+1. The normalized spacial score (nSPS) is 10.8. The lowest BCUT2D eigenvalue weighted by atomic mass is 10.1. The second-order valence-electron chi connectivity index (χ2n) is 5.84. The average Bonchev–Trinajstić information content (AvgIpc) is 2.49. The molecule has 122 valence electrons. The largest absolute Gasteiger partial charge is 0.352 e. The van der Waals surface area contributed by atoms with Crippen LogP contribution in [0.3, 0.4) is 0 Å². The minimum atomic E-state index is -0.0544. The van der Waals surface area contributed by atoms with Gasteiger partial charge in [-0.15, -0.1) is 0 Å². The predicted octanol–water partition coefficient (Wildman–Crippen LogP) is 2.50. The number of hydrogen-bond acceptors (Lipinski definition) is 1. The van der Waals surface area contributed by atoms with Gasteiger partial charge in [0.1, 0.15) is 6.54 Å². The van der Waals surface area contributed by atoms with Crippen molar-refractivity contribution in [2.75, 3.05) is 14.1 Å². The quantitative estimate of drug-likeness (QED) is 0.823. The molecular weight excluding hydrogens is 331 g/mol. The number of amides is 1. The van der Waals surface area contributed by atoms with Crippen LogP contribution in [0.25, 0.3) is 0 Å². The zero-order chi connectivity index (χ0) is 16.8. The van der Waals surface area contributed by atoms with Crippen molar-refractivity contribution in [3.63, 3.8) is 0 Å². The van der Waals surface area contributed by atoms with Gasteiger partial charge in [-0.05, 0) is 23.3 Å². The summed E-state index contributed by atoms with van der Waals surface area (Å²) in [5.74, 6) is -0.0544. The highest BCUT2D eigenvalue weighted by Crippen LogP contribution is 2.21. The van der Waals surface area contributed by atoms with Crippen molar-refractivity contribution in [1.82, 2.24) is 5.32 Å². The first kappa shape index (κ1) is 17.8. The monoisotopic (exact) mass is 351 g/mol. The molecule has 0 aromatic heterocycles. The van der Waals surface area contributed by atoms with E-state index in [-0.39, 0.29) is 12.3 Å². The Bertz CT molecular complexity index is 686. The van der Waals surface area contributed by atoms with E-state index in [2.05, 4.69) is 25.5 Å². The van der Waals surface area contributed by atoms with Gasteiger partial charge in [-0.3, -0.25) is 4.79 Å². The van der Waals surface area contributed by atoms with Gasteiger partial charge < -0.3 is 10.2 Å². The van der Waals surface area contributed by atoms with E-state index in [0.717, 1.165) is 17.7 Å². The van der Waals surface area contributed by atoms with E-state index in [1.807, 2.05) is 18.2 Å². The number of hydrogen-bond donors (Lipinski definition) is 2. The molecule has 0 aliphatic carbocycles. The van der Waals surface area contributed by atoms with Gasteiger partial charge in [0.05, 0.1) is 20.5 Å². The van der Waals surface area contributed by atoms with E-state index < -0.39 is 0 Å². The topological polar surface area (TPSA) is 33.5 Å². The first-order valence-corrected chi connectivity index (χ1v) is 8.27. The molecule has 0 spiro atoms. The number of carbonyl (C=O) groups excluding carboxylic acids is 1. The second kappa shape index (κ2) is 8.34. The third-order valence-electron chi connectivity index (χ3n) is 3.50. The fourth-order valence-corrected chi connectivity index (χ4v) is 2.85. The summed E-state index contributed by atoms with van der Waals surface area (Å²) in [5.41, 5.74) is 3.17. The summed E-state index contributed by atoms with van der Waals surface area (Å²) >= 11 is 12.0. The molecule has 2 aromatic carbocycles. The summed E-state index contributed by atoms with van der Waals surface area (Å²) in [4.78, 5) is 13.5. The molecule has 3 nitrogen and oxygen atoms in total. The molecule has 0 heterocycles. The molecule has 0 bridgehead atoms. The molecular formula is C18H21Cl2N2O+. The van der Waals surface area contributed by atoms with E-state index in [0.29, 0.717) is 16.6 Å². The van der Waals surface area contributed by atoms with E-state index in [4.69, 9.17) is 23.2 Å². The van der Waals surface area contributed by atoms with Gasteiger partial charge in [0.25, 0.3) is 0 Å². The van der Waals surface area contributed by atoms with Crippen LogP contribution in [-0.2, 0) is 24.3 Å². The Labute approximate surface area is 147 Å². The zero-order valence-corrected chi connectivity index (χ0v) is 14.8. The third kappa shape index (κ3) is 5.54. The molecule has 0 saturated carbocycles. The Morgan fingerprint density at radius 1 is 1.04 bits per heavy atom. The van der Waals surface area contributed by atoms with Crippen LogP contribution in [-0.4, -0.2) is 20.0 Å². The molecule has 2 N–H and O–H groups in total. The fourth-order valence-electron chi connectivity index (χ4n) is 2.38. The summed E-state index contributed by atoms with van der Waals surface area (Å²) in [7, 11) is 4.22. The molecule has 23 heavy (non-hydrogen) atoms. The fraction of sp³-hybridized carbons (Fsp3) is 0.278. The van der Waals surface area contributed by atoms with Crippen LogP contribution in [0.15, 0.2) is 42.5 Å². The molecule has 2 rings (SSSR count). The van der Waals surface area contributed by atoms with Gasteiger partial charge in [-0.2, -0.15) is 0 Å². The van der Waals surface area contributed by atoms with Crippen molar-refractivity contribution in [1.29, 1.82) is 0 Å². The van der Waals surface area contributed by atoms with E-state index >= 15 is 0 Å². The summed E-state index contributed by atoms with van der Waals surface area (Å²) < 4.78 is 0. The zero-order valence-electron chi connectivity index (χ0n) is 13.3. The Kier molecular flexibility index (Phi) is 6.46. The van der Waals surface area contributed by atoms with Gasteiger partial charge in [-0.25, -0.2) is 0 Å².